The first-order chi connectivity index (χ1) is 17.9. The van der Waals surface area contributed by atoms with E-state index in [4.69, 9.17) is 0 Å². The number of fused-ring (bicyclic) bond motifs is 2. The van der Waals surface area contributed by atoms with Gasteiger partial charge in [0.25, 0.3) is 0 Å². The number of amides is 1. The zero-order valence-electron chi connectivity index (χ0n) is 20.9. The Morgan fingerprint density at radius 3 is 2.32 bits per heavy atom. The average molecular weight is 492 g/mol. The molecule has 0 fully saturated rings. The molecule has 0 saturated carbocycles. The van der Waals surface area contributed by atoms with Crippen molar-refractivity contribution in [2.45, 2.75) is 25.8 Å². The number of carbonyl (C=O) groups excluding carboxylic acids is 1. The Balaban J connectivity index is 1.55. The van der Waals surface area contributed by atoms with Crippen LogP contribution in [0.1, 0.15) is 18.2 Å². The van der Waals surface area contributed by atoms with Crippen molar-refractivity contribution in [3.63, 3.8) is 0 Å². The Morgan fingerprint density at radius 2 is 1.59 bits per heavy atom. The number of carboxylic acid groups (broad SMARTS) is 1. The van der Waals surface area contributed by atoms with E-state index in [2.05, 4.69) is 23.2 Å². The molecule has 0 saturated heterocycles. The van der Waals surface area contributed by atoms with Gasteiger partial charge >= 0.3 is 5.97 Å². The van der Waals surface area contributed by atoms with Gasteiger partial charge in [-0.3, -0.25) is 9.69 Å². The summed E-state index contributed by atoms with van der Waals surface area (Å²) in [6, 6.07) is 26.7. The van der Waals surface area contributed by atoms with Gasteiger partial charge < -0.3 is 9.67 Å². The van der Waals surface area contributed by atoms with Crippen LogP contribution in [0.3, 0.4) is 0 Å². The summed E-state index contributed by atoms with van der Waals surface area (Å²) in [5.74, 6) is -1.72. The van der Waals surface area contributed by atoms with E-state index in [1.54, 1.807) is 17.1 Å². The van der Waals surface area contributed by atoms with Crippen LogP contribution in [-0.4, -0.2) is 32.6 Å². The molecule has 0 aliphatic rings. The third-order valence-electron chi connectivity index (χ3n) is 6.99. The summed E-state index contributed by atoms with van der Waals surface area (Å²) in [5.41, 5.74) is 2.38. The predicted octanol–water partition coefficient (Wildman–Crippen LogP) is 5.63. The van der Waals surface area contributed by atoms with E-state index in [1.807, 2.05) is 80.7 Å². The molecule has 6 nitrogen and oxygen atoms in total. The zero-order valence-corrected chi connectivity index (χ0v) is 20.9. The van der Waals surface area contributed by atoms with Crippen LogP contribution in [0.2, 0.25) is 0 Å². The van der Waals surface area contributed by atoms with E-state index < -0.39 is 17.9 Å². The van der Waals surface area contributed by atoms with E-state index >= 15 is 0 Å². The summed E-state index contributed by atoms with van der Waals surface area (Å²) in [7, 11) is 1.83. The van der Waals surface area contributed by atoms with Gasteiger partial charge in [-0.05, 0) is 45.7 Å². The topological polar surface area (TPSA) is 75.4 Å². The first kappa shape index (κ1) is 24.3. The highest BCUT2D eigenvalue weighted by molar-refractivity contribution is 6.02. The summed E-state index contributed by atoms with van der Waals surface area (Å²) >= 11 is 0. The lowest BCUT2D eigenvalue weighted by Gasteiger charge is -2.32. The van der Waals surface area contributed by atoms with Crippen LogP contribution < -0.4 is 4.90 Å². The van der Waals surface area contributed by atoms with E-state index in [0.717, 1.165) is 32.8 Å². The molecule has 5 rings (SSSR count). The minimum Gasteiger partial charge on any atom is -0.480 e. The van der Waals surface area contributed by atoms with Crippen molar-refractivity contribution in [1.82, 2.24) is 9.55 Å². The molecule has 1 aromatic heterocycles. The number of hydrogen-bond acceptors (Lipinski definition) is 3. The molecule has 186 valence electrons. The van der Waals surface area contributed by atoms with E-state index in [1.165, 1.54) is 4.90 Å². The van der Waals surface area contributed by atoms with Crippen LogP contribution in [-0.2, 0) is 29.5 Å². The lowest BCUT2D eigenvalue weighted by atomic mass is 9.94. The van der Waals surface area contributed by atoms with Crippen LogP contribution in [0.4, 0.5) is 5.69 Å². The highest BCUT2D eigenvalue weighted by Crippen LogP contribution is 2.29. The monoisotopic (exact) mass is 491 g/mol. The van der Waals surface area contributed by atoms with Crippen molar-refractivity contribution in [1.29, 1.82) is 0 Å². The summed E-state index contributed by atoms with van der Waals surface area (Å²) in [4.78, 5) is 32.4. The summed E-state index contributed by atoms with van der Waals surface area (Å²) < 4.78 is 1.79. The molecule has 37 heavy (non-hydrogen) atoms. The number of anilines is 1. The number of imidazole rings is 1. The Hall–Kier alpha value is -4.45. The summed E-state index contributed by atoms with van der Waals surface area (Å²) in [6.45, 7) is 1.88. The Labute approximate surface area is 215 Å². The lowest BCUT2D eigenvalue weighted by Crippen LogP contribution is -2.49. The maximum absolute atomic E-state index is 14.1. The first-order valence-corrected chi connectivity index (χ1v) is 12.4. The number of carbonyl (C=O) groups is 2. The molecule has 0 radical (unpaired) electrons. The fraction of sp³-hybridized carbons (Fsp3) is 0.194. The Morgan fingerprint density at radius 1 is 0.892 bits per heavy atom. The molecule has 0 spiro atoms. The lowest BCUT2D eigenvalue weighted by molar-refractivity contribution is -0.140. The second-order valence-corrected chi connectivity index (χ2v) is 9.54. The van der Waals surface area contributed by atoms with Crippen LogP contribution >= 0.6 is 0 Å². The number of carboxylic acids is 1. The standard InChI is InChI=1S/C31H29N3O3/c1-21(16-25-12-7-11-23-9-5-6-13-28(23)25)30(35)34(26-15-14-22-8-3-4-10-24(22)17-26)29(31(36)37)18-27-19-32-20-33(27)2/h3-15,17,19-21,29H,16,18H2,1-2H3,(H,36,37)/t21?,29-/m0/s1. The van der Waals surface area contributed by atoms with Gasteiger partial charge in [-0.25, -0.2) is 9.78 Å². The van der Waals surface area contributed by atoms with Gasteiger partial charge in [-0.2, -0.15) is 0 Å². The normalized spacial score (nSPS) is 12.9. The van der Waals surface area contributed by atoms with Gasteiger partial charge in [-0.15, -0.1) is 0 Å². The number of aryl methyl sites for hydroxylation is 1. The van der Waals surface area contributed by atoms with Gasteiger partial charge in [0, 0.05) is 37.0 Å². The SMILES string of the molecule is CC(Cc1cccc2ccccc12)C(=O)N(c1ccc2ccccc2c1)[C@@H](Cc1cncn1C)C(=O)O. The number of aromatic nitrogens is 2. The Kier molecular flexibility index (Phi) is 6.73. The van der Waals surface area contributed by atoms with Gasteiger partial charge in [0.15, 0.2) is 0 Å². The van der Waals surface area contributed by atoms with E-state index in [9.17, 15) is 14.7 Å². The van der Waals surface area contributed by atoms with Crippen LogP contribution in [0.15, 0.2) is 97.5 Å². The summed E-state index contributed by atoms with van der Waals surface area (Å²) in [5, 5.41) is 14.5. The second kappa shape index (κ2) is 10.3. The smallest absolute Gasteiger partial charge is 0.327 e. The minimum absolute atomic E-state index is 0.144. The number of hydrogen-bond donors (Lipinski definition) is 1. The average Bonchev–Trinajstić information content (AvgIpc) is 3.32. The molecule has 4 aromatic carbocycles. The minimum atomic E-state index is -1.08. The van der Waals surface area contributed by atoms with E-state index in [0.29, 0.717) is 12.1 Å². The molecule has 0 bridgehead atoms. The second-order valence-electron chi connectivity index (χ2n) is 9.54. The van der Waals surface area contributed by atoms with Crippen molar-refractivity contribution in [3.8, 4) is 0 Å². The number of benzene rings is 4. The number of nitrogens with zero attached hydrogens (tertiary/aromatic N) is 3. The van der Waals surface area contributed by atoms with E-state index in [-0.39, 0.29) is 12.3 Å². The number of aliphatic carboxylic acids is 1. The molecule has 2 atom stereocenters. The highest BCUT2D eigenvalue weighted by atomic mass is 16.4. The quantitative estimate of drug-likeness (QED) is 0.305. The fourth-order valence-corrected chi connectivity index (χ4v) is 4.98. The van der Waals surface area contributed by atoms with Gasteiger partial charge in [-0.1, -0.05) is 79.7 Å². The van der Waals surface area contributed by atoms with Crippen LogP contribution in [0.25, 0.3) is 21.5 Å². The molecule has 1 N–H and O–H groups in total. The van der Waals surface area contributed by atoms with Crippen LogP contribution in [0.5, 0.6) is 0 Å². The van der Waals surface area contributed by atoms with Gasteiger partial charge in [0.05, 0.1) is 6.33 Å². The molecule has 1 unspecified atom stereocenters. The summed E-state index contributed by atoms with van der Waals surface area (Å²) in [6.07, 6.45) is 3.94. The molecule has 5 aromatic rings. The molecule has 0 aliphatic heterocycles. The molecule has 0 aliphatic carbocycles. The third-order valence-corrected chi connectivity index (χ3v) is 6.99. The molecule has 1 heterocycles. The fourth-order valence-electron chi connectivity index (χ4n) is 4.98. The molecule has 1 amide bonds. The van der Waals surface area contributed by atoms with Crippen molar-refractivity contribution >= 4 is 39.1 Å². The van der Waals surface area contributed by atoms with Crippen LogP contribution in [0, 0.1) is 5.92 Å². The largest absolute Gasteiger partial charge is 0.480 e. The first-order valence-electron chi connectivity index (χ1n) is 12.4. The van der Waals surface area contributed by atoms with Crippen molar-refractivity contribution < 1.29 is 14.7 Å². The van der Waals surface area contributed by atoms with Crippen molar-refractivity contribution in [2.75, 3.05) is 4.90 Å². The maximum Gasteiger partial charge on any atom is 0.327 e. The molecule has 6 heteroatoms. The third kappa shape index (κ3) is 4.96. The molecular formula is C31H29N3O3. The predicted molar refractivity (Wildman–Crippen MR) is 147 cm³/mol. The highest BCUT2D eigenvalue weighted by Gasteiger charge is 2.34. The number of rotatable bonds is 8. The van der Waals surface area contributed by atoms with Gasteiger partial charge in [0.1, 0.15) is 6.04 Å². The maximum atomic E-state index is 14.1. The molecular weight excluding hydrogens is 462 g/mol. The van der Waals surface area contributed by atoms with Crippen molar-refractivity contribution in [3.05, 3.63) is 109 Å². The van der Waals surface area contributed by atoms with Gasteiger partial charge in [0.2, 0.25) is 5.91 Å². The van der Waals surface area contributed by atoms with Crippen molar-refractivity contribution in [2.24, 2.45) is 13.0 Å². The zero-order chi connectivity index (χ0) is 25.9. The Bertz CT molecular complexity index is 1580.